The molecule has 0 heterocycles. The van der Waals surface area contributed by atoms with Crippen LogP contribution in [-0.2, 0) is 4.79 Å². The molecule has 0 aliphatic heterocycles. The predicted molar refractivity (Wildman–Crippen MR) is 77.5 cm³/mol. The summed E-state index contributed by atoms with van der Waals surface area (Å²) in [5.74, 6) is 0.486. The van der Waals surface area contributed by atoms with Crippen LogP contribution in [0.5, 0.6) is 0 Å². The number of rotatable bonds is 10. The molecule has 2 N–H and O–H groups in total. The fraction of sp³-hybridized carbons (Fsp3) is 0.643. The highest BCUT2D eigenvalue weighted by atomic mass is 16.1. The van der Waals surface area contributed by atoms with Gasteiger partial charge in [0, 0.05) is 25.7 Å². The maximum Gasteiger partial charge on any atom is 0.234 e. The predicted octanol–water partition coefficient (Wildman–Crippen LogP) is 1.02. The minimum Gasteiger partial charge on any atom is -0.353 e. The van der Waals surface area contributed by atoms with Crippen LogP contribution < -0.4 is 10.6 Å². The molecular weight excluding hydrogens is 226 g/mol. The van der Waals surface area contributed by atoms with E-state index in [1.54, 1.807) is 7.05 Å². The maximum absolute atomic E-state index is 11.5. The molecule has 0 saturated carbocycles. The van der Waals surface area contributed by atoms with Gasteiger partial charge in [-0.1, -0.05) is 26.0 Å². The van der Waals surface area contributed by atoms with Crippen LogP contribution in [0.4, 0.5) is 0 Å². The summed E-state index contributed by atoms with van der Waals surface area (Å²) in [5, 5.41) is 5.79. The van der Waals surface area contributed by atoms with E-state index in [-0.39, 0.29) is 5.91 Å². The first-order chi connectivity index (χ1) is 8.56. The molecule has 0 aromatic rings. The van der Waals surface area contributed by atoms with E-state index in [0.717, 1.165) is 13.1 Å². The first-order valence-corrected chi connectivity index (χ1v) is 6.43. The molecule has 1 atom stereocenters. The van der Waals surface area contributed by atoms with E-state index >= 15 is 0 Å². The molecule has 4 heteroatoms. The summed E-state index contributed by atoms with van der Waals surface area (Å²) in [4.78, 5) is 13.7. The molecule has 0 radical (unpaired) electrons. The minimum absolute atomic E-state index is 0.0281. The average molecular weight is 253 g/mol. The summed E-state index contributed by atoms with van der Waals surface area (Å²) < 4.78 is 0. The smallest absolute Gasteiger partial charge is 0.234 e. The molecule has 18 heavy (non-hydrogen) atoms. The zero-order chi connectivity index (χ0) is 14.0. The van der Waals surface area contributed by atoms with Crippen molar-refractivity contribution in [2.24, 2.45) is 5.92 Å². The highest BCUT2D eigenvalue weighted by molar-refractivity contribution is 5.77. The summed E-state index contributed by atoms with van der Waals surface area (Å²) >= 11 is 0. The van der Waals surface area contributed by atoms with Crippen LogP contribution in [0.1, 0.15) is 13.8 Å². The van der Waals surface area contributed by atoms with Crippen LogP contribution in [0.25, 0.3) is 0 Å². The van der Waals surface area contributed by atoms with E-state index in [1.165, 1.54) is 0 Å². The second-order valence-electron chi connectivity index (χ2n) is 4.68. The van der Waals surface area contributed by atoms with Gasteiger partial charge in [0.15, 0.2) is 0 Å². The minimum atomic E-state index is 0.0281. The maximum atomic E-state index is 11.5. The van der Waals surface area contributed by atoms with E-state index in [4.69, 9.17) is 0 Å². The van der Waals surface area contributed by atoms with Crippen molar-refractivity contribution in [3.8, 4) is 0 Å². The summed E-state index contributed by atoms with van der Waals surface area (Å²) in [6, 6.07) is 0.293. The zero-order valence-electron chi connectivity index (χ0n) is 11.9. The molecule has 1 unspecified atom stereocenters. The largest absolute Gasteiger partial charge is 0.353 e. The van der Waals surface area contributed by atoms with Crippen LogP contribution in [0.2, 0.25) is 0 Å². The van der Waals surface area contributed by atoms with Gasteiger partial charge < -0.3 is 10.6 Å². The Labute approximate surface area is 111 Å². The third kappa shape index (κ3) is 6.57. The number of hydrogen-bond acceptors (Lipinski definition) is 3. The quantitative estimate of drug-likeness (QED) is 0.571. The number of amides is 1. The Hall–Kier alpha value is -1.13. The van der Waals surface area contributed by atoms with Crippen molar-refractivity contribution in [2.75, 3.05) is 33.2 Å². The third-order valence-electron chi connectivity index (χ3n) is 2.81. The van der Waals surface area contributed by atoms with Gasteiger partial charge in [-0.15, -0.1) is 13.2 Å². The summed E-state index contributed by atoms with van der Waals surface area (Å²) in [6.45, 7) is 14.5. The van der Waals surface area contributed by atoms with Crippen LogP contribution in [0.3, 0.4) is 0 Å². The Balaban J connectivity index is 4.46. The Morgan fingerprint density at radius 1 is 1.28 bits per heavy atom. The zero-order valence-corrected chi connectivity index (χ0v) is 11.9. The highest BCUT2D eigenvalue weighted by Gasteiger charge is 2.20. The average Bonchev–Trinajstić information content (AvgIpc) is 2.29. The van der Waals surface area contributed by atoms with Gasteiger partial charge in [0.2, 0.25) is 5.91 Å². The second kappa shape index (κ2) is 9.85. The van der Waals surface area contributed by atoms with E-state index in [9.17, 15) is 4.79 Å². The fourth-order valence-electron chi connectivity index (χ4n) is 1.90. The van der Waals surface area contributed by atoms with Gasteiger partial charge >= 0.3 is 0 Å². The van der Waals surface area contributed by atoms with Gasteiger partial charge in [-0.05, 0) is 13.0 Å². The SMILES string of the molecule is C=CCN(CC=C)C(CNC(=O)CNC)C(C)C. The molecular formula is C14H27N3O. The van der Waals surface area contributed by atoms with E-state index in [1.807, 2.05) is 12.2 Å². The molecule has 0 aliphatic rings. The van der Waals surface area contributed by atoms with Crippen LogP contribution in [-0.4, -0.2) is 50.1 Å². The van der Waals surface area contributed by atoms with Gasteiger partial charge in [-0.2, -0.15) is 0 Å². The third-order valence-corrected chi connectivity index (χ3v) is 2.81. The van der Waals surface area contributed by atoms with Crippen LogP contribution in [0, 0.1) is 5.92 Å². The first-order valence-electron chi connectivity index (χ1n) is 6.43. The topological polar surface area (TPSA) is 44.4 Å². The number of carbonyl (C=O) groups excluding carboxylic acids is 1. The van der Waals surface area contributed by atoms with E-state index < -0.39 is 0 Å². The fourth-order valence-corrected chi connectivity index (χ4v) is 1.90. The van der Waals surface area contributed by atoms with Crippen molar-refractivity contribution in [3.63, 3.8) is 0 Å². The highest BCUT2D eigenvalue weighted by Crippen LogP contribution is 2.10. The Morgan fingerprint density at radius 3 is 2.22 bits per heavy atom. The molecule has 0 aromatic heterocycles. The molecule has 4 nitrogen and oxygen atoms in total. The molecule has 0 fully saturated rings. The molecule has 0 spiro atoms. The van der Waals surface area contributed by atoms with Gasteiger partial charge in [0.1, 0.15) is 0 Å². The van der Waals surface area contributed by atoms with Gasteiger partial charge in [-0.25, -0.2) is 0 Å². The van der Waals surface area contributed by atoms with E-state index in [0.29, 0.717) is 25.0 Å². The number of likely N-dealkylation sites (N-methyl/N-ethyl adjacent to an activating group) is 1. The van der Waals surface area contributed by atoms with Crippen molar-refractivity contribution in [1.29, 1.82) is 0 Å². The van der Waals surface area contributed by atoms with Crippen molar-refractivity contribution >= 4 is 5.91 Å². The molecule has 0 rings (SSSR count). The summed E-state index contributed by atoms with van der Waals surface area (Å²) in [6.07, 6.45) is 3.77. The Morgan fingerprint density at radius 2 is 1.83 bits per heavy atom. The Kier molecular flexibility index (Phi) is 9.24. The molecule has 0 aromatic carbocycles. The molecule has 0 aliphatic carbocycles. The Bertz CT molecular complexity index is 254. The number of nitrogens with zero attached hydrogens (tertiary/aromatic N) is 1. The lowest BCUT2D eigenvalue weighted by Gasteiger charge is -2.33. The number of carbonyl (C=O) groups is 1. The lowest BCUT2D eigenvalue weighted by Crippen LogP contribution is -2.48. The number of hydrogen-bond donors (Lipinski definition) is 2. The number of nitrogens with one attached hydrogen (secondary N) is 2. The summed E-state index contributed by atoms with van der Waals surface area (Å²) in [7, 11) is 1.77. The lowest BCUT2D eigenvalue weighted by molar-refractivity contribution is -0.120. The monoisotopic (exact) mass is 253 g/mol. The van der Waals surface area contributed by atoms with Crippen molar-refractivity contribution in [2.45, 2.75) is 19.9 Å². The van der Waals surface area contributed by atoms with Gasteiger partial charge in [0.25, 0.3) is 0 Å². The summed E-state index contributed by atoms with van der Waals surface area (Å²) in [5.41, 5.74) is 0. The van der Waals surface area contributed by atoms with Gasteiger partial charge in [-0.3, -0.25) is 9.69 Å². The molecule has 0 saturated heterocycles. The lowest BCUT2D eigenvalue weighted by atomic mass is 10.0. The molecule has 0 bridgehead atoms. The van der Waals surface area contributed by atoms with E-state index in [2.05, 4.69) is 42.5 Å². The van der Waals surface area contributed by atoms with Crippen LogP contribution >= 0.6 is 0 Å². The van der Waals surface area contributed by atoms with Gasteiger partial charge in [0.05, 0.1) is 6.54 Å². The molecule has 1 amide bonds. The van der Waals surface area contributed by atoms with Crippen molar-refractivity contribution in [3.05, 3.63) is 25.3 Å². The van der Waals surface area contributed by atoms with Crippen LogP contribution in [0.15, 0.2) is 25.3 Å². The van der Waals surface area contributed by atoms with Crippen molar-refractivity contribution < 1.29 is 4.79 Å². The van der Waals surface area contributed by atoms with Crippen molar-refractivity contribution in [1.82, 2.24) is 15.5 Å². The standard InChI is InChI=1S/C14H27N3O/c1-6-8-17(9-7-2)13(12(3)4)10-16-14(18)11-15-5/h6-7,12-13,15H,1-2,8-11H2,3-5H3,(H,16,18). The normalized spacial score (nSPS) is 12.5. The second-order valence-corrected chi connectivity index (χ2v) is 4.68. The molecule has 104 valence electrons. The first kappa shape index (κ1) is 16.9.